The van der Waals surface area contributed by atoms with Crippen molar-refractivity contribution in [1.29, 1.82) is 0 Å². The van der Waals surface area contributed by atoms with Crippen LogP contribution in [0.25, 0.3) is 5.70 Å². The van der Waals surface area contributed by atoms with Crippen molar-refractivity contribution in [3.8, 4) is 5.88 Å². The Hall–Kier alpha value is -2.18. The van der Waals surface area contributed by atoms with Crippen molar-refractivity contribution in [2.75, 3.05) is 7.11 Å². The Morgan fingerprint density at radius 1 is 1.44 bits per heavy atom. The number of aromatic nitrogens is 2. The molecule has 0 fully saturated rings. The summed E-state index contributed by atoms with van der Waals surface area (Å²) in [6.07, 6.45) is 1.28. The Bertz CT molecular complexity index is 603. The molecule has 0 unspecified atom stereocenters. The first kappa shape index (κ1) is 12.3. The van der Waals surface area contributed by atoms with Gasteiger partial charge in [-0.3, -0.25) is 4.57 Å². The quantitative estimate of drug-likeness (QED) is 0.727. The molecule has 0 atom stereocenters. The topological polar surface area (TPSA) is 70.4 Å². The second-order valence-electron chi connectivity index (χ2n) is 4.18. The van der Waals surface area contributed by atoms with E-state index >= 15 is 0 Å². The van der Waals surface area contributed by atoms with Crippen LogP contribution < -0.4 is 10.4 Å². The van der Waals surface area contributed by atoms with Crippen LogP contribution in [-0.2, 0) is 9.53 Å². The van der Waals surface area contributed by atoms with Crippen LogP contribution in [0.5, 0.6) is 5.88 Å². The molecule has 18 heavy (non-hydrogen) atoms. The fraction of sp³-hybridized carbons (Fsp3) is 0.364. The number of rotatable bonds is 2. The molecule has 0 amide bonds. The van der Waals surface area contributed by atoms with E-state index in [4.69, 9.17) is 9.47 Å². The number of hydrogen-bond donors (Lipinski definition) is 0. The predicted octanol–water partition coefficient (Wildman–Crippen LogP) is 0.725. The van der Waals surface area contributed by atoms with Gasteiger partial charge in [0.1, 0.15) is 5.70 Å². The van der Waals surface area contributed by atoms with Crippen LogP contribution in [0.2, 0.25) is 0 Å². The minimum atomic E-state index is -1.22. The van der Waals surface area contributed by atoms with Gasteiger partial charge in [0, 0.05) is 12.3 Å². The van der Waals surface area contributed by atoms with Crippen LogP contribution in [0, 0.1) is 0 Å². The Morgan fingerprint density at radius 2 is 2.11 bits per heavy atom. The van der Waals surface area contributed by atoms with E-state index in [1.807, 2.05) is 0 Å². The smallest absolute Gasteiger partial charge is 0.370 e. The first-order valence-corrected chi connectivity index (χ1v) is 5.14. The highest BCUT2D eigenvalue weighted by molar-refractivity contribution is 5.98. The zero-order valence-corrected chi connectivity index (χ0v) is 10.1. The van der Waals surface area contributed by atoms with Gasteiger partial charge in [0.05, 0.1) is 7.11 Å². The molecular formula is C11H11FN2O4. The van der Waals surface area contributed by atoms with Crippen LogP contribution in [0.15, 0.2) is 22.9 Å². The third kappa shape index (κ3) is 1.77. The summed E-state index contributed by atoms with van der Waals surface area (Å²) in [7, 11) is 1.36. The zero-order valence-electron chi connectivity index (χ0n) is 10.1. The molecule has 0 radical (unpaired) electrons. The maximum atomic E-state index is 13.7. The van der Waals surface area contributed by atoms with Crippen molar-refractivity contribution < 1.29 is 18.7 Å². The monoisotopic (exact) mass is 254 g/mol. The summed E-state index contributed by atoms with van der Waals surface area (Å²) < 4.78 is 24.3. The van der Waals surface area contributed by atoms with Gasteiger partial charge in [-0.2, -0.15) is 9.37 Å². The molecule has 2 rings (SSSR count). The molecule has 0 saturated carbocycles. The molecule has 0 N–H and O–H groups in total. The molecular weight excluding hydrogens is 243 g/mol. The number of hydrogen-bond acceptors (Lipinski definition) is 5. The van der Waals surface area contributed by atoms with Gasteiger partial charge < -0.3 is 9.47 Å². The number of carbonyl (C=O) groups is 1. The second kappa shape index (κ2) is 3.94. The third-order valence-electron chi connectivity index (χ3n) is 2.53. The van der Waals surface area contributed by atoms with E-state index in [1.54, 1.807) is 0 Å². The average molecular weight is 254 g/mol. The van der Waals surface area contributed by atoms with Gasteiger partial charge >= 0.3 is 11.7 Å². The lowest BCUT2D eigenvalue weighted by Crippen LogP contribution is -2.32. The molecule has 0 bridgehead atoms. The maximum Gasteiger partial charge on any atom is 0.370 e. The Labute approximate surface area is 102 Å². The molecule has 1 aromatic rings. The summed E-state index contributed by atoms with van der Waals surface area (Å²) in [5, 5.41) is 0. The van der Waals surface area contributed by atoms with E-state index < -0.39 is 23.1 Å². The van der Waals surface area contributed by atoms with Crippen LogP contribution in [0.1, 0.15) is 13.8 Å². The fourth-order valence-electron chi connectivity index (χ4n) is 1.75. The number of methoxy groups -OCH3 is 1. The highest BCUT2D eigenvalue weighted by Gasteiger charge is 2.43. The molecule has 7 heteroatoms. The van der Waals surface area contributed by atoms with Gasteiger partial charge in [-0.25, -0.2) is 9.59 Å². The Morgan fingerprint density at radius 3 is 2.56 bits per heavy atom. The molecule has 0 aliphatic carbocycles. The molecule has 0 saturated heterocycles. The van der Waals surface area contributed by atoms with Crippen molar-refractivity contribution in [3.63, 3.8) is 0 Å². The van der Waals surface area contributed by atoms with Crippen LogP contribution >= 0.6 is 0 Å². The number of ether oxygens (including phenoxy) is 2. The standard InChI is InChI=1S/C11H11FN2O4/c1-11(2)8(7(12)9(15)18-11)14-5-4-6(17-3)13-10(14)16/h4-5H,1-3H3. The zero-order chi connectivity index (χ0) is 13.5. The van der Waals surface area contributed by atoms with Gasteiger partial charge in [0.25, 0.3) is 0 Å². The Kier molecular flexibility index (Phi) is 2.68. The van der Waals surface area contributed by atoms with Crippen molar-refractivity contribution >= 4 is 11.7 Å². The summed E-state index contributed by atoms with van der Waals surface area (Å²) in [6, 6.07) is 1.39. The normalized spacial score (nSPS) is 17.9. The first-order valence-electron chi connectivity index (χ1n) is 5.14. The lowest BCUT2D eigenvalue weighted by molar-refractivity contribution is -0.145. The molecule has 0 spiro atoms. The van der Waals surface area contributed by atoms with Gasteiger partial charge in [-0.1, -0.05) is 0 Å². The minimum absolute atomic E-state index is 0.111. The lowest BCUT2D eigenvalue weighted by Gasteiger charge is -2.21. The van der Waals surface area contributed by atoms with Gasteiger partial charge in [-0.05, 0) is 13.8 Å². The van der Waals surface area contributed by atoms with E-state index in [0.717, 1.165) is 4.57 Å². The predicted molar refractivity (Wildman–Crippen MR) is 59.5 cm³/mol. The highest BCUT2D eigenvalue weighted by Crippen LogP contribution is 2.35. The number of cyclic esters (lactones) is 1. The molecule has 96 valence electrons. The molecule has 1 aliphatic heterocycles. The average Bonchev–Trinajstić information content (AvgIpc) is 2.49. The number of esters is 1. The van der Waals surface area contributed by atoms with Crippen molar-refractivity contribution in [1.82, 2.24) is 9.55 Å². The van der Waals surface area contributed by atoms with Crippen molar-refractivity contribution in [2.24, 2.45) is 0 Å². The highest BCUT2D eigenvalue weighted by atomic mass is 19.1. The molecule has 1 aliphatic rings. The number of nitrogens with zero attached hydrogens (tertiary/aromatic N) is 2. The fourth-order valence-corrected chi connectivity index (χ4v) is 1.75. The van der Waals surface area contributed by atoms with Crippen molar-refractivity contribution in [2.45, 2.75) is 19.4 Å². The van der Waals surface area contributed by atoms with E-state index in [2.05, 4.69) is 4.98 Å². The number of carbonyl (C=O) groups excluding carboxylic acids is 1. The SMILES string of the molecule is COc1ccn(C2=C(F)C(=O)OC2(C)C)c(=O)n1. The summed E-state index contributed by atoms with van der Waals surface area (Å²) >= 11 is 0. The number of halogens is 1. The van der Waals surface area contributed by atoms with Crippen molar-refractivity contribution in [3.05, 3.63) is 28.6 Å². The van der Waals surface area contributed by atoms with Crippen LogP contribution in [0.3, 0.4) is 0 Å². The molecule has 0 aromatic carbocycles. The summed E-state index contributed by atoms with van der Waals surface area (Å²) in [5.74, 6) is -2.06. The van der Waals surface area contributed by atoms with Gasteiger partial charge in [0.2, 0.25) is 11.7 Å². The lowest BCUT2D eigenvalue weighted by atomic mass is 10.1. The maximum absolute atomic E-state index is 13.7. The van der Waals surface area contributed by atoms with Gasteiger partial charge in [0.15, 0.2) is 5.60 Å². The molecule has 1 aromatic heterocycles. The summed E-state index contributed by atoms with van der Waals surface area (Å²) in [5.41, 5.74) is -2.13. The van der Waals surface area contributed by atoms with E-state index in [1.165, 1.54) is 33.2 Å². The third-order valence-corrected chi connectivity index (χ3v) is 2.53. The van der Waals surface area contributed by atoms with E-state index in [0.29, 0.717) is 0 Å². The van der Waals surface area contributed by atoms with E-state index in [9.17, 15) is 14.0 Å². The molecule has 2 heterocycles. The van der Waals surface area contributed by atoms with Gasteiger partial charge in [-0.15, -0.1) is 0 Å². The van der Waals surface area contributed by atoms with E-state index in [-0.39, 0.29) is 11.6 Å². The second-order valence-corrected chi connectivity index (χ2v) is 4.18. The summed E-state index contributed by atoms with van der Waals surface area (Å²) in [6.45, 7) is 2.98. The first-order chi connectivity index (χ1) is 8.36. The van der Waals surface area contributed by atoms with Crippen LogP contribution in [0.4, 0.5) is 4.39 Å². The Balaban J connectivity index is 2.62. The minimum Gasteiger partial charge on any atom is -0.481 e. The van der Waals surface area contributed by atoms with Crippen LogP contribution in [-0.4, -0.2) is 28.2 Å². The summed E-state index contributed by atoms with van der Waals surface area (Å²) in [4.78, 5) is 26.5. The molecule has 6 nitrogen and oxygen atoms in total. The largest absolute Gasteiger partial charge is 0.481 e.